The van der Waals surface area contributed by atoms with Gasteiger partial charge in [-0.3, -0.25) is 4.79 Å². The molecule has 162 valence electrons. The van der Waals surface area contributed by atoms with Crippen LogP contribution in [-0.2, 0) is 14.6 Å². The summed E-state index contributed by atoms with van der Waals surface area (Å²) >= 11 is 1.38. The van der Waals surface area contributed by atoms with E-state index < -0.39 is 9.84 Å². The van der Waals surface area contributed by atoms with Gasteiger partial charge in [0.2, 0.25) is 0 Å². The quantitative estimate of drug-likeness (QED) is 0.661. The molecule has 2 aliphatic heterocycles. The van der Waals surface area contributed by atoms with Crippen LogP contribution in [0.3, 0.4) is 0 Å². The van der Waals surface area contributed by atoms with E-state index in [-0.39, 0.29) is 29.6 Å². The molecule has 2 fully saturated rings. The molecule has 0 saturated carbocycles. The maximum absolute atomic E-state index is 13.7. The molecule has 8 heteroatoms. The highest BCUT2D eigenvalue weighted by molar-refractivity contribution is 7.99. The highest BCUT2D eigenvalue weighted by Gasteiger charge is 2.37. The van der Waals surface area contributed by atoms with E-state index in [9.17, 15) is 18.5 Å². The lowest BCUT2D eigenvalue weighted by Gasteiger charge is -2.31. The number of ether oxygens (including phenoxy) is 1. The van der Waals surface area contributed by atoms with E-state index >= 15 is 0 Å². The van der Waals surface area contributed by atoms with Crippen molar-refractivity contribution in [2.45, 2.75) is 41.2 Å². The zero-order valence-corrected chi connectivity index (χ0v) is 18.7. The summed E-state index contributed by atoms with van der Waals surface area (Å²) in [5.41, 5.74) is 1.07. The van der Waals surface area contributed by atoms with Crippen LogP contribution in [0.2, 0.25) is 0 Å². The van der Waals surface area contributed by atoms with Crippen LogP contribution in [-0.4, -0.2) is 56.0 Å². The maximum Gasteiger partial charge on any atom is 0.255 e. The van der Waals surface area contributed by atoms with E-state index in [0.717, 1.165) is 22.6 Å². The van der Waals surface area contributed by atoms with Gasteiger partial charge in [0, 0.05) is 29.0 Å². The van der Waals surface area contributed by atoms with Crippen LogP contribution in [0.4, 0.5) is 0 Å². The molecule has 0 spiro atoms. The van der Waals surface area contributed by atoms with Crippen LogP contribution >= 0.6 is 11.8 Å². The minimum Gasteiger partial charge on any atom is -0.376 e. The first kappa shape index (κ1) is 21.9. The van der Waals surface area contributed by atoms with Crippen molar-refractivity contribution < 1.29 is 17.9 Å². The maximum atomic E-state index is 13.7. The van der Waals surface area contributed by atoms with E-state index in [0.29, 0.717) is 30.7 Å². The first-order chi connectivity index (χ1) is 15.0. The molecule has 31 heavy (non-hydrogen) atoms. The fourth-order valence-electron chi connectivity index (χ4n) is 4.08. The Labute approximate surface area is 187 Å². The van der Waals surface area contributed by atoms with Crippen LogP contribution < -0.4 is 0 Å². The highest BCUT2D eigenvalue weighted by Crippen LogP contribution is 2.34. The molecule has 2 aliphatic rings. The van der Waals surface area contributed by atoms with E-state index in [1.165, 1.54) is 11.8 Å². The molecule has 0 radical (unpaired) electrons. The number of carbonyl (C=O) groups excluding carboxylic acids is 1. The number of amides is 1. The Morgan fingerprint density at radius 2 is 1.87 bits per heavy atom. The molecule has 2 saturated heterocycles. The highest BCUT2D eigenvalue weighted by atomic mass is 32.2. The molecular weight excluding hydrogens is 432 g/mol. The second-order valence-corrected chi connectivity index (χ2v) is 11.2. The zero-order valence-electron chi connectivity index (χ0n) is 17.1. The minimum atomic E-state index is -3.13. The van der Waals surface area contributed by atoms with Crippen molar-refractivity contribution in [2.24, 2.45) is 0 Å². The van der Waals surface area contributed by atoms with Crippen molar-refractivity contribution >= 4 is 27.5 Å². The topological polar surface area (TPSA) is 87.5 Å². The van der Waals surface area contributed by atoms with Crippen molar-refractivity contribution in [1.29, 1.82) is 5.26 Å². The van der Waals surface area contributed by atoms with Gasteiger partial charge in [-0.1, -0.05) is 36.0 Å². The van der Waals surface area contributed by atoms with Crippen molar-refractivity contribution in [3.8, 4) is 6.07 Å². The van der Waals surface area contributed by atoms with Crippen molar-refractivity contribution in [3.05, 3.63) is 59.7 Å². The minimum absolute atomic E-state index is 0.00195. The number of nitrogens with zero attached hydrogens (tertiary/aromatic N) is 2. The van der Waals surface area contributed by atoms with Gasteiger partial charge in [0.15, 0.2) is 9.84 Å². The number of hydrogen-bond donors (Lipinski definition) is 0. The summed E-state index contributed by atoms with van der Waals surface area (Å²) in [5, 5.41) is 9.41. The molecule has 0 N–H and O–H groups in total. The van der Waals surface area contributed by atoms with Gasteiger partial charge >= 0.3 is 0 Å². The monoisotopic (exact) mass is 456 g/mol. The second-order valence-electron chi connectivity index (χ2n) is 7.86. The first-order valence-electron chi connectivity index (χ1n) is 10.4. The summed E-state index contributed by atoms with van der Waals surface area (Å²) in [6, 6.07) is 16.4. The average molecular weight is 457 g/mol. The third kappa shape index (κ3) is 5.12. The Bertz CT molecular complexity index is 1100. The fourth-order valence-corrected chi connectivity index (χ4v) is 6.83. The van der Waals surface area contributed by atoms with Crippen LogP contribution in [0, 0.1) is 11.3 Å². The van der Waals surface area contributed by atoms with Gasteiger partial charge < -0.3 is 9.64 Å². The van der Waals surface area contributed by atoms with Gasteiger partial charge in [0.1, 0.15) is 6.07 Å². The molecule has 6 nitrogen and oxygen atoms in total. The summed E-state index contributed by atoms with van der Waals surface area (Å²) in [6.07, 6.45) is 2.21. The van der Waals surface area contributed by atoms with Crippen LogP contribution in [0.5, 0.6) is 0 Å². The Morgan fingerprint density at radius 1 is 1.13 bits per heavy atom. The summed E-state index contributed by atoms with van der Waals surface area (Å²) in [7, 11) is -3.13. The third-order valence-corrected chi connectivity index (χ3v) is 8.58. The normalized spacial score (nSPS) is 22.2. The molecule has 2 heterocycles. The van der Waals surface area contributed by atoms with Crippen molar-refractivity contribution in [2.75, 3.05) is 24.7 Å². The van der Waals surface area contributed by atoms with Gasteiger partial charge in [-0.15, -0.1) is 0 Å². The van der Waals surface area contributed by atoms with E-state index in [1.807, 2.05) is 36.4 Å². The molecule has 4 rings (SSSR count). The van der Waals surface area contributed by atoms with Crippen LogP contribution in [0.15, 0.2) is 58.3 Å². The lowest BCUT2D eigenvalue weighted by atomic mass is 10.1. The number of sulfone groups is 1. The summed E-state index contributed by atoms with van der Waals surface area (Å²) in [4.78, 5) is 16.9. The number of benzene rings is 2. The van der Waals surface area contributed by atoms with Gasteiger partial charge in [-0.05, 0) is 43.5 Å². The molecular formula is C23H24N2O4S2. The zero-order chi connectivity index (χ0) is 21.8. The van der Waals surface area contributed by atoms with Crippen molar-refractivity contribution in [3.63, 3.8) is 0 Å². The molecule has 2 atom stereocenters. The Morgan fingerprint density at radius 3 is 2.55 bits per heavy atom. The predicted octanol–water partition coefficient (Wildman–Crippen LogP) is 3.52. The lowest BCUT2D eigenvalue weighted by molar-refractivity contribution is 0.0439. The summed E-state index contributed by atoms with van der Waals surface area (Å²) in [5.74, 6) is -0.0770. The molecule has 0 aromatic heterocycles. The number of nitriles is 1. The first-order valence-corrected chi connectivity index (χ1v) is 13.0. The Kier molecular flexibility index (Phi) is 6.65. The number of rotatable bonds is 6. The van der Waals surface area contributed by atoms with Gasteiger partial charge in [0.05, 0.1) is 28.7 Å². The van der Waals surface area contributed by atoms with Gasteiger partial charge in [-0.2, -0.15) is 5.26 Å². The standard InChI is InChI=1S/C23H24N2O4S2/c24-14-17-6-1-3-9-21(17)30-22-10-4-2-8-20(22)23(26)25(15-19-7-5-12-29-19)18-11-13-31(27,28)16-18/h1-4,6,8-10,18-19H,5,7,11-13,15-16H2/t18-,19+/m0/s1. The molecule has 0 bridgehead atoms. The largest absolute Gasteiger partial charge is 0.376 e. The lowest BCUT2D eigenvalue weighted by Crippen LogP contribution is -2.45. The molecule has 2 aromatic rings. The summed E-state index contributed by atoms with van der Waals surface area (Å²) in [6.45, 7) is 1.07. The molecule has 1 amide bonds. The Hall–Kier alpha value is -2.34. The third-order valence-electron chi connectivity index (χ3n) is 5.68. The van der Waals surface area contributed by atoms with Gasteiger partial charge in [-0.25, -0.2) is 8.42 Å². The second kappa shape index (κ2) is 9.43. The molecule has 0 aliphatic carbocycles. The number of hydrogen-bond acceptors (Lipinski definition) is 6. The SMILES string of the molecule is N#Cc1ccccc1Sc1ccccc1C(=O)N(C[C@H]1CCCO1)[C@H]1CCS(=O)(=O)C1. The van der Waals surface area contributed by atoms with E-state index in [1.54, 1.807) is 17.0 Å². The fraction of sp³-hybridized carbons (Fsp3) is 0.391. The van der Waals surface area contributed by atoms with E-state index in [4.69, 9.17) is 4.74 Å². The van der Waals surface area contributed by atoms with Crippen LogP contribution in [0.1, 0.15) is 35.2 Å². The number of carbonyl (C=O) groups is 1. The van der Waals surface area contributed by atoms with Crippen molar-refractivity contribution in [1.82, 2.24) is 4.90 Å². The Balaban J connectivity index is 1.64. The van der Waals surface area contributed by atoms with E-state index in [2.05, 4.69) is 6.07 Å². The predicted molar refractivity (Wildman–Crippen MR) is 119 cm³/mol. The van der Waals surface area contributed by atoms with Gasteiger partial charge in [0.25, 0.3) is 5.91 Å². The summed E-state index contributed by atoms with van der Waals surface area (Å²) < 4.78 is 30.0. The molecule has 0 unspecified atom stereocenters. The molecule has 2 aromatic carbocycles. The smallest absolute Gasteiger partial charge is 0.255 e. The average Bonchev–Trinajstić information content (AvgIpc) is 3.41. The van der Waals surface area contributed by atoms with Crippen LogP contribution in [0.25, 0.3) is 0 Å².